The Hall–Kier alpha value is -2.35. The number of carbonyl (C=O) groups is 1. The van der Waals surface area contributed by atoms with Crippen molar-refractivity contribution in [3.05, 3.63) is 39.7 Å². The summed E-state index contributed by atoms with van der Waals surface area (Å²) in [4.78, 5) is 21.8. The van der Waals surface area contributed by atoms with Gasteiger partial charge in [0.05, 0.1) is 11.3 Å². The maximum Gasteiger partial charge on any atom is 0.287 e. The number of hydrogen-bond acceptors (Lipinski definition) is 5. The fourth-order valence-corrected chi connectivity index (χ4v) is 3.18. The van der Waals surface area contributed by atoms with Gasteiger partial charge in [-0.15, -0.1) is 11.3 Å². The minimum Gasteiger partial charge on any atom is -0.459 e. The van der Waals surface area contributed by atoms with E-state index in [1.165, 1.54) is 11.1 Å². The van der Waals surface area contributed by atoms with Crippen molar-refractivity contribution in [1.29, 1.82) is 0 Å². The summed E-state index contributed by atoms with van der Waals surface area (Å²) >= 11 is 1.76. The highest BCUT2D eigenvalue weighted by molar-refractivity contribution is 7.11. The standard InChI is InChI=1S/C18H27N5O2S/c1-4-14-12-23-15(26-14)6-10-22-18(19-3)21-9-5-8-20-17(24)16-13(2)7-11-25-16/h7,11-12H,4-6,8-10H2,1-3H3,(H,20,24)(H2,19,21,22). The van der Waals surface area contributed by atoms with Crippen LogP contribution in [-0.2, 0) is 12.8 Å². The molecule has 0 spiro atoms. The summed E-state index contributed by atoms with van der Waals surface area (Å²) in [5, 5.41) is 10.5. The first-order chi connectivity index (χ1) is 12.6. The van der Waals surface area contributed by atoms with Crippen LogP contribution in [0.5, 0.6) is 0 Å². The van der Waals surface area contributed by atoms with Gasteiger partial charge in [0, 0.05) is 49.7 Å². The van der Waals surface area contributed by atoms with Crippen LogP contribution >= 0.6 is 11.3 Å². The predicted octanol–water partition coefficient (Wildman–Crippen LogP) is 2.13. The summed E-state index contributed by atoms with van der Waals surface area (Å²) in [6.07, 6.45) is 6.18. The molecule has 0 unspecified atom stereocenters. The number of thiazole rings is 1. The molecule has 26 heavy (non-hydrogen) atoms. The molecule has 0 saturated heterocycles. The average molecular weight is 378 g/mol. The smallest absolute Gasteiger partial charge is 0.287 e. The van der Waals surface area contributed by atoms with Gasteiger partial charge in [-0.3, -0.25) is 9.79 Å². The largest absolute Gasteiger partial charge is 0.459 e. The lowest BCUT2D eigenvalue weighted by Crippen LogP contribution is -2.39. The van der Waals surface area contributed by atoms with E-state index in [-0.39, 0.29) is 5.91 Å². The van der Waals surface area contributed by atoms with Crippen LogP contribution in [0.25, 0.3) is 0 Å². The second-order valence-corrected chi connectivity index (χ2v) is 6.99. The van der Waals surface area contributed by atoms with Gasteiger partial charge < -0.3 is 20.4 Å². The summed E-state index contributed by atoms with van der Waals surface area (Å²) in [5.41, 5.74) is 0.844. The molecule has 0 atom stereocenters. The van der Waals surface area contributed by atoms with E-state index >= 15 is 0 Å². The van der Waals surface area contributed by atoms with Crippen molar-refractivity contribution in [3.8, 4) is 0 Å². The molecular formula is C18H27N5O2S. The van der Waals surface area contributed by atoms with Gasteiger partial charge in [-0.25, -0.2) is 4.98 Å². The van der Waals surface area contributed by atoms with Crippen molar-refractivity contribution >= 4 is 23.2 Å². The van der Waals surface area contributed by atoms with E-state index in [9.17, 15) is 4.79 Å². The topological polar surface area (TPSA) is 91.5 Å². The number of aliphatic imine (C=N–C) groups is 1. The van der Waals surface area contributed by atoms with Gasteiger partial charge in [-0.2, -0.15) is 0 Å². The molecule has 3 N–H and O–H groups in total. The lowest BCUT2D eigenvalue weighted by Gasteiger charge is -2.11. The lowest BCUT2D eigenvalue weighted by molar-refractivity contribution is 0.0925. The monoisotopic (exact) mass is 377 g/mol. The molecule has 142 valence electrons. The summed E-state index contributed by atoms with van der Waals surface area (Å²) in [6.45, 7) is 6.06. The quantitative estimate of drug-likeness (QED) is 0.354. The van der Waals surface area contributed by atoms with Crippen LogP contribution < -0.4 is 16.0 Å². The fourth-order valence-electron chi connectivity index (χ4n) is 2.32. The van der Waals surface area contributed by atoms with Crippen molar-refractivity contribution in [1.82, 2.24) is 20.9 Å². The number of carbonyl (C=O) groups excluding carboxylic acids is 1. The van der Waals surface area contributed by atoms with Gasteiger partial charge in [-0.05, 0) is 25.8 Å². The number of rotatable bonds is 9. The molecule has 8 heteroatoms. The van der Waals surface area contributed by atoms with Crippen molar-refractivity contribution < 1.29 is 9.21 Å². The molecule has 0 aliphatic heterocycles. The van der Waals surface area contributed by atoms with Crippen LogP contribution in [0.4, 0.5) is 0 Å². The minimum atomic E-state index is -0.176. The summed E-state index contributed by atoms with van der Waals surface area (Å²) in [5.74, 6) is 0.958. The van der Waals surface area contributed by atoms with E-state index < -0.39 is 0 Å². The van der Waals surface area contributed by atoms with Crippen LogP contribution in [0.1, 0.15) is 39.3 Å². The number of aryl methyl sites for hydroxylation is 2. The fraction of sp³-hybridized carbons (Fsp3) is 0.500. The number of amides is 1. The predicted molar refractivity (Wildman–Crippen MR) is 105 cm³/mol. The molecule has 2 aromatic rings. The SMILES string of the molecule is CCc1cnc(CCNC(=NC)NCCCNC(=O)c2occc2C)s1. The summed E-state index contributed by atoms with van der Waals surface area (Å²) in [6, 6.07) is 1.78. The third-order valence-corrected chi connectivity index (χ3v) is 5.01. The van der Waals surface area contributed by atoms with E-state index in [1.807, 2.05) is 13.1 Å². The Morgan fingerprint density at radius 2 is 2.04 bits per heavy atom. The molecule has 0 saturated carbocycles. The molecule has 0 radical (unpaired) electrons. The molecule has 0 aliphatic carbocycles. The highest BCUT2D eigenvalue weighted by Gasteiger charge is 2.11. The van der Waals surface area contributed by atoms with Crippen LogP contribution in [0.15, 0.2) is 27.9 Å². The Bertz CT molecular complexity index is 723. The van der Waals surface area contributed by atoms with Crippen molar-refractivity contribution in [2.45, 2.75) is 33.1 Å². The van der Waals surface area contributed by atoms with Crippen LogP contribution in [0, 0.1) is 6.92 Å². The molecule has 0 fully saturated rings. The van der Waals surface area contributed by atoms with Crippen molar-refractivity contribution in [3.63, 3.8) is 0 Å². The zero-order chi connectivity index (χ0) is 18.8. The number of nitrogens with one attached hydrogen (secondary N) is 3. The van der Waals surface area contributed by atoms with E-state index in [4.69, 9.17) is 4.42 Å². The molecule has 2 aromatic heterocycles. The zero-order valence-corrected chi connectivity index (χ0v) is 16.4. The minimum absolute atomic E-state index is 0.176. The van der Waals surface area contributed by atoms with Crippen LogP contribution in [0.3, 0.4) is 0 Å². The maximum absolute atomic E-state index is 11.9. The van der Waals surface area contributed by atoms with Crippen molar-refractivity contribution in [2.75, 3.05) is 26.7 Å². The Balaban J connectivity index is 1.58. The summed E-state index contributed by atoms with van der Waals surface area (Å²) < 4.78 is 5.17. The Morgan fingerprint density at radius 3 is 2.69 bits per heavy atom. The second-order valence-electron chi connectivity index (χ2n) is 5.79. The highest BCUT2D eigenvalue weighted by Crippen LogP contribution is 2.13. The van der Waals surface area contributed by atoms with E-state index in [0.29, 0.717) is 18.8 Å². The molecule has 7 nitrogen and oxygen atoms in total. The van der Waals surface area contributed by atoms with Gasteiger partial charge in [-0.1, -0.05) is 6.92 Å². The Labute approximate surface area is 158 Å². The first kappa shape index (κ1) is 20.0. The third-order valence-electron chi connectivity index (χ3n) is 3.80. The van der Waals surface area contributed by atoms with Gasteiger partial charge in [0.25, 0.3) is 5.91 Å². The van der Waals surface area contributed by atoms with Crippen LogP contribution in [-0.4, -0.2) is 43.5 Å². The van der Waals surface area contributed by atoms with Gasteiger partial charge >= 0.3 is 0 Å². The average Bonchev–Trinajstić information content (AvgIpc) is 3.28. The number of nitrogens with zero attached hydrogens (tertiary/aromatic N) is 2. The first-order valence-electron chi connectivity index (χ1n) is 8.84. The van der Waals surface area contributed by atoms with Crippen LogP contribution in [0.2, 0.25) is 0 Å². The molecular weight excluding hydrogens is 350 g/mol. The number of furan rings is 1. The number of hydrogen-bond donors (Lipinski definition) is 3. The number of guanidine groups is 1. The normalized spacial score (nSPS) is 11.4. The molecule has 0 aliphatic rings. The maximum atomic E-state index is 11.9. The molecule has 0 bridgehead atoms. The molecule has 0 aromatic carbocycles. The molecule has 2 heterocycles. The highest BCUT2D eigenvalue weighted by atomic mass is 32.1. The van der Waals surface area contributed by atoms with Crippen molar-refractivity contribution in [2.24, 2.45) is 4.99 Å². The van der Waals surface area contributed by atoms with Gasteiger partial charge in [0.1, 0.15) is 0 Å². The molecule has 2 rings (SSSR count). The van der Waals surface area contributed by atoms with E-state index in [1.54, 1.807) is 24.5 Å². The Morgan fingerprint density at radius 1 is 1.27 bits per heavy atom. The van der Waals surface area contributed by atoms with E-state index in [2.05, 4.69) is 32.9 Å². The summed E-state index contributed by atoms with van der Waals surface area (Å²) in [7, 11) is 1.75. The lowest BCUT2D eigenvalue weighted by atomic mass is 10.2. The number of aromatic nitrogens is 1. The zero-order valence-electron chi connectivity index (χ0n) is 15.6. The van der Waals surface area contributed by atoms with Gasteiger partial charge in [0.15, 0.2) is 11.7 Å². The van der Waals surface area contributed by atoms with Gasteiger partial charge in [0.2, 0.25) is 0 Å². The Kier molecular flexibility index (Phi) is 8.14. The first-order valence-corrected chi connectivity index (χ1v) is 9.66. The second kappa shape index (κ2) is 10.6. The van der Waals surface area contributed by atoms with E-state index in [0.717, 1.165) is 42.3 Å². The molecule has 1 amide bonds. The third kappa shape index (κ3) is 6.18.